The molecular weight excluding hydrogens is 536 g/mol. The van der Waals surface area contributed by atoms with E-state index in [1.54, 1.807) is 25.4 Å². The van der Waals surface area contributed by atoms with Gasteiger partial charge in [0.2, 0.25) is 15.9 Å². The highest BCUT2D eigenvalue weighted by Crippen LogP contribution is 2.29. The number of amides is 1. The molecule has 0 aliphatic carbocycles. The van der Waals surface area contributed by atoms with Gasteiger partial charge in [0.25, 0.3) is 5.56 Å². The minimum atomic E-state index is -4.12. The zero-order valence-electron chi connectivity index (χ0n) is 20.6. The van der Waals surface area contributed by atoms with Gasteiger partial charge in [-0.25, -0.2) is 17.9 Å². The third-order valence-electron chi connectivity index (χ3n) is 7.25. The maximum Gasteiger partial charge on any atom is 0.327 e. The van der Waals surface area contributed by atoms with Gasteiger partial charge in [0.05, 0.1) is 16.5 Å². The summed E-state index contributed by atoms with van der Waals surface area (Å²) in [5, 5.41) is 15.3. The average Bonchev–Trinajstić information content (AvgIpc) is 3.27. The smallest absolute Gasteiger partial charge is 0.327 e. The van der Waals surface area contributed by atoms with Crippen LogP contribution in [0.2, 0.25) is 5.02 Å². The standard InChI is InChI=1S/C24H27ClN6O6S/c1-28-22(32)5-4-21(27-28)29-8-6-15(7-9-29)12-31-20(24(34)35)13-30(14-23(31)33)38(36,37)16-2-3-17-18(25)11-26-19(17)10-16/h2-5,10-11,15,20,26H,6-9,12-14H2,1H3,(H,34,35)/t20-/m1/s1. The highest BCUT2D eigenvalue weighted by atomic mass is 35.5. The lowest BCUT2D eigenvalue weighted by Crippen LogP contribution is -2.61. The molecule has 0 saturated carbocycles. The van der Waals surface area contributed by atoms with Crippen LogP contribution in [0.1, 0.15) is 12.8 Å². The van der Waals surface area contributed by atoms with Gasteiger partial charge >= 0.3 is 5.97 Å². The highest BCUT2D eigenvalue weighted by Gasteiger charge is 2.43. The topological polar surface area (TPSA) is 149 Å². The quantitative estimate of drug-likeness (QED) is 0.454. The normalized spacial score (nSPS) is 19.8. The number of aryl methyl sites for hydroxylation is 1. The van der Waals surface area contributed by atoms with Crippen LogP contribution in [0, 0.1) is 5.92 Å². The number of hydrogen-bond acceptors (Lipinski definition) is 7. The minimum Gasteiger partial charge on any atom is -0.480 e. The molecule has 2 fully saturated rings. The fraction of sp³-hybridized carbons (Fsp3) is 0.417. The number of anilines is 1. The number of piperazine rings is 1. The van der Waals surface area contributed by atoms with Gasteiger partial charge in [-0.05, 0) is 43.0 Å². The molecule has 0 unspecified atom stereocenters. The largest absolute Gasteiger partial charge is 0.480 e. The Hall–Kier alpha value is -3.42. The first-order valence-electron chi connectivity index (χ1n) is 12.1. The van der Waals surface area contributed by atoms with Gasteiger partial charge in [-0.2, -0.15) is 9.40 Å². The molecule has 1 aromatic carbocycles. The van der Waals surface area contributed by atoms with Crippen molar-refractivity contribution < 1.29 is 23.1 Å². The number of piperidine rings is 1. The van der Waals surface area contributed by atoms with Gasteiger partial charge in [0.15, 0.2) is 0 Å². The fourth-order valence-electron chi connectivity index (χ4n) is 5.06. The van der Waals surface area contributed by atoms with E-state index in [2.05, 4.69) is 10.1 Å². The summed E-state index contributed by atoms with van der Waals surface area (Å²) >= 11 is 6.08. The van der Waals surface area contributed by atoms with Crippen LogP contribution in [0.3, 0.4) is 0 Å². The molecular formula is C24H27ClN6O6S. The number of carbonyl (C=O) groups excluding carboxylic acids is 1. The second-order valence-electron chi connectivity index (χ2n) is 9.63. The van der Waals surface area contributed by atoms with Crippen LogP contribution in [0.5, 0.6) is 0 Å². The number of sulfonamides is 1. The van der Waals surface area contributed by atoms with E-state index in [4.69, 9.17) is 11.6 Å². The van der Waals surface area contributed by atoms with Crippen LogP contribution >= 0.6 is 11.6 Å². The van der Waals surface area contributed by atoms with E-state index in [-0.39, 0.29) is 29.5 Å². The number of aliphatic carboxylic acids is 1. The van der Waals surface area contributed by atoms with E-state index < -0.39 is 34.5 Å². The van der Waals surface area contributed by atoms with Crippen molar-refractivity contribution in [2.75, 3.05) is 37.6 Å². The Kier molecular flexibility index (Phi) is 6.92. The minimum absolute atomic E-state index is 0.0479. The lowest BCUT2D eigenvalue weighted by atomic mass is 9.95. The maximum absolute atomic E-state index is 13.3. The van der Waals surface area contributed by atoms with Crippen molar-refractivity contribution in [1.82, 2.24) is 24.0 Å². The Balaban J connectivity index is 1.27. The van der Waals surface area contributed by atoms with Crippen molar-refractivity contribution in [3.05, 3.63) is 51.9 Å². The highest BCUT2D eigenvalue weighted by molar-refractivity contribution is 7.89. The number of hydrogen-bond donors (Lipinski definition) is 2. The summed E-state index contributed by atoms with van der Waals surface area (Å²) in [5.41, 5.74) is 0.326. The van der Waals surface area contributed by atoms with E-state index in [0.29, 0.717) is 47.7 Å². The second kappa shape index (κ2) is 10.0. The number of carboxylic acid groups (broad SMARTS) is 1. The third kappa shape index (κ3) is 4.88. The number of aromatic amines is 1. The number of rotatable bonds is 6. The van der Waals surface area contributed by atoms with Crippen LogP contribution in [-0.2, 0) is 26.7 Å². The molecule has 38 heavy (non-hydrogen) atoms. The summed E-state index contributed by atoms with van der Waals surface area (Å²) in [6.45, 7) is 0.734. The van der Waals surface area contributed by atoms with Gasteiger partial charge in [0, 0.05) is 56.4 Å². The lowest BCUT2D eigenvalue weighted by Gasteiger charge is -2.41. The number of fused-ring (bicyclic) bond motifs is 1. The van der Waals surface area contributed by atoms with Crippen molar-refractivity contribution in [3.63, 3.8) is 0 Å². The molecule has 2 aliphatic rings. The Morgan fingerprint density at radius 1 is 1.18 bits per heavy atom. The molecule has 3 aromatic rings. The summed E-state index contributed by atoms with van der Waals surface area (Å²) in [4.78, 5) is 43.1. The number of benzene rings is 1. The summed E-state index contributed by atoms with van der Waals surface area (Å²) < 4.78 is 28.9. The molecule has 2 aromatic heterocycles. The van der Waals surface area contributed by atoms with Gasteiger partial charge in [-0.1, -0.05) is 11.6 Å². The van der Waals surface area contributed by atoms with Gasteiger partial charge in [-0.15, -0.1) is 0 Å². The molecule has 4 heterocycles. The molecule has 12 nitrogen and oxygen atoms in total. The van der Waals surface area contributed by atoms with Crippen molar-refractivity contribution in [2.24, 2.45) is 13.0 Å². The van der Waals surface area contributed by atoms with Crippen molar-refractivity contribution in [2.45, 2.75) is 23.8 Å². The van der Waals surface area contributed by atoms with E-state index >= 15 is 0 Å². The fourth-order valence-corrected chi connectivity index (χ4v) is 6.70. The van der Waals surface area contributed by atoms with Gasteiger partial charge < -0.3 is 19.9 Å². The lowest BCUT2D eigenvalue weighted by molar-refractivity contribution is -0.154. The summed E-state index contributed by atoms with van der Waals surface area (Å²) in [6.07, 6.45) is 2.94. The van der Waals surface area contributed by atoms with Crippen molar-refractivity contribution >= 4 is 50.2 Å². The molecule has 0 spiro atoms. The number of carboxylic acids is 1. The first-order chi connectivity index (χ1) is 18.0. The summed E-state index contributed by atoms with van der Waals surface area (Å²) in [5.74, 6) is -1.06. The number of halogens is 1. The van der Waals surface area contributed by atoms with Crippen LogP contribution < -0.4 is 10.5 Å². The molecule has 2 N–H and O–H groups in total. The molecule has 1 amide bonds. The summed E-state index contributed by atoms with van der Waals surface area (Å²) in [7, 11) is -2.54. The van der Waals surface area contributed by atoms with Gasteiger partial charge in [-0.3, -0.25) is 9.59 Å². The predicted octanol–water partition coefficient (Wildman–Crippen LogP) is 1.12. The Bertz CT molecular complexity index is 1560. The molecule has 202 valence electrons. The first kappa shape index (κ1) is 26.2. The molecule has 2 saturated heterocycles. The van der Waals surface area contributed by atoms with Crippen LogP contribution in [0.15, 0.2) is 46.2 Å². The van der Waals surface area contributed by atoms with Crippen LogP contribution in [0.4, 0.5) is 5.82 Å². The monoisotopic (exact) mass is 562 g/mol. The SMILES string of the molecule is Cn1nc(N2CCC(CN3C(=O)CN(S(=O)(=O)c4ccc5c(Cl)c[nH]c5c4)C[C@@H]3C(=O)O)CC2)ccc1=O. The first-order valence-corrected chi connectivity index (χ1v) is 13.9. The predicted molar refractivity (Wildman–Crippen MR) is 140 cm³/mol. The number of nitrogens with one attached hydrogen (secondary N) is 1. The number of aromatic nitrogens is 3. The van der Waals surface area contributed by atoms with Crippen molar-refractivity contribution in [1.29, 1.82) is 0 Å². The Morgan fingerprint density at radius 2 is 1.92 bits per heavy atom. The Labute approximate surface area is 223 Å². The Morgan fingerprint density at radius 3 is 2.61 bits per heavy atom. The second-order valence-corrected chi connectivity index (χ2v) is 12.0. The third-order valence-corrected chi connectivity index (χ3v) is 9.37. The zero-order valence-corrected chi connectivity index (χ0v) is 22.2. The van der Waals surface area contributed by atoms with Crippen LogP contribution in [-0.4, -0.2) is 88.1 Å². The molecule has 14 heteroatoms. The molecule has 0 bridgehead atoms. The number of nitrogens with zero attached hydrogens (tertiary/aromatic N) is 5. The number of H-pyrrole nitrogens is 1. The average molecular weight is 563 g/mol. The van der Waals surface area contributed by atoms with E-state index in [1.807, 2.05) is 4.90 Å². The molecule has 5 rings (SSSR count). The van der Waals surface area contributed by atoms with E-state index in [0.717, 1.165) is 4.31 Å². The van der Waals surface area contributed by atoms with E-state index in [9.17, 15) is 27.9 Å². The molecule has 2 aliphatic heterocycles. The van der Waals surface area contributed by atoms with Crippen LogP contribution in [0.25, 0.3) is 10.9 Å². The maximum atomic E-state index is 13.3. The van der Waals surface area contributed by atoms with E-state index in [1.165, 1.54) is 27.8 Å². The molecule has 0 radical (unpaired) electrons. The van der Waals surface area contributed by atoms with Gasteiger partial charge in [0.1, 0.15) is 11.9 Å². The summed E-state index contributed by atoms with van der Waals surface area (Å²) in [6, 6.07) is 6.24. The number of carbonyl (C=O) groups is 2. The molecule has 1 atom stereocenters. The van der Waals surface area contributed by atoms with Crippen molar-refractivity contribution in [3.8, 4) is 0 Å². The zero-order chi connectivity index (χ0) is 27.2.